The summed E-state index contributed by atoms with van der Waals surface area (Å²) in [5.41, 5.74) is 0. The van der Waals surface area contributed by atoms with Crippen LogP contribution in [-0.2, 0) is 0 Å². The highest BCUT2D eigenvalue weighted by Crippen LogP contribution is 2.24. The molecule has 2 saturated heterocycles. The zero-order valence-electron chi connectivity index (χ0n) is 12.6. The molecule has 112 valence electrons. The summed E-state index contributed by atoms with van der Waals surface area (Å²) in [5.74, 6) is 0. The molecule has 0 saturated carbocycles. The molecule has 0 spiro atoms. The molecule has 4 heteroatoms. The first-order chi connectivity index (χ1) is 9.24. The minimum Gasteiger partial charge on any atom is -0.395 e. The molecule has 2 N–H and O–H groups in total. The van der Waals surface area contributed by atoms with E-state index in [4.69, 9.17) is 0 Å². The van der Waals surface area contributed by atoms with Crippen LogP contribution in [0.5, 0.6) is 0 Å². The highest BCUT2D eigenvalue weighted by Gasteiger charge is 2.34. The molecule has 0 aromatic rings. The average molecular weight is 269 g/mol. The Labute approximate surface area is 118 Å². The second kappa shape index (κ2) is 7.58. The SMILES string of the molecule is CCCNC(CO)CCN1CC2CCCN2CC1C. The van der Waals surface area contributed by atoms with Crippen molar-refractivity contribution in [1.82, 2.24) is 15.1 Å². The van der Waals surface area contributed by atoms with E-state index >= 15 is 0 Å². The van der Waals surface area contributed by atoms with Gasteiger partial charge in [-0.15, -0.1) is 0 Å². The van der Waals surface area contributed by atoms with Crippen molar-refractivity contribution in [2.24, 2.45) is 0 Å². The summed E-state index contributed by atoms with van der Waals surface area (Å²) in [5, 5.41) is 12.8. The van der Waals surface area contributed by atoms with Gasteiger partial charge in [0.2, 0.25) is 0 Å². The number of aliphatic hydroxyl groups is 1. The molecule has 0 bridgehead atoms. The van der Waals surface area contributed by atoms with Crippen LogP contribution in [0.3, 0.4) is 0 Å². The highest BCUT2D eigenvalue weighted by atomic mass is 16.3. The normalized spacial score (nSPS) is 30.5. The van der Waals surface area contributed by atoms with E-state index < -0.39 is 0 Å². The maximum absolute atomic E-state index is 9.41. The summed E-state index contributed by atoms with van der Waals surface area (Å²) in [7, 11) is 0. The van der Waals surface area contributed by atoms with Crippen LogP contribution in [0, 0.1) is 0 Å². The van der Waals surface area contributed by atoms with Crippen molar-refractivity contribution in [3.8, 4) is 0 Å². The Kier molecular flexibility index (Phi) is 6.07. The number of aliphatic hydroxyl groups excluding tert-OH is 1. The molecule has 3 unspecified atom stereocenters. The molecule has 2 fully saturated rings. The lowest BCUT2D eigenvalue weighted by Gasteiger charge is -2.42. The Morgan fingerprint density at radius 3 is 2.95 bits per heavy atom. The molecule has 3 atom stereocenters. The van der Waals surface area contributed by atoms with E-state index in [0.717, 1.165) is 32.0 Å². The molecular formula is C15H31N3O. The van der Waals surface area contributed by atoms with Crippen molar-refractivity contribution in [3.63, 3.8) is 0 Å². The predicted octanol–water partition coefficient (Wildman–Crippen LogP) is 0.906. The molecule has 2 rings (SSSR count). The second-order valence-corrected chi connectivity index (χ2v) is 6.26. The van der Waals surface area contributed by atoms with Crippen LogP contribution in [-0.4, -0.2) is 72.4 Å². The minimum atomic E-state index is 0.262. The van der Waals surface area contributed by atoms with Gasteiger partial charge in [-0.05, 0) is 45.7 Å². The van der Waals surface area contributed by atoms with Crippen LogP contribution < -0.4 is 5.32 Å². The summed E-state index contributed by atoms with van der Waals surface area (Å²) in [6.07, 6.45) is 4.95. The minimum absolute atomic E-state index is 0.262. The fourth-order valence-corrected chi connectivity index (χ4v) is 3.49. The molecule has 0 radical (unpaired) electrons. The first kappa shape index (κ1) is 15.2. The zero-order valence-corrected chi connectivity index (χ0v) is 12.6. The van der Waals surface area contributed by atoms with Crippen LogP contribution in [0.15, 0.2) is 0 Å². The molecule has 0 amide bonds. The van der Waals surface area contributed by atoms with Crippen LogP contribution in [0.2, 0.25) is 0 Å². The molecule has 0 aliphatic carbocycles. The molecule has 4 nitrogen and oxygen atoms in total. The summed E-state index contributed by atoms with van der Waals surface area (Å²) >= 11 is 0. The molecule has 2 aliphatic rings. The Morgan fingerprint density at radius 2 is 2.21 bits per heavy atom. The van der Waals surface area contributed by atoms with Gasteiger partial charge in [0.25, 0.3) is 0 Å². The van der Waals surface area contributed by atoms with Crippen molar-refractivity contribution >= 4 is 0 Å². The van der Waals surface area contributed by atoms with Gasteiger partial charge in [-0.1, -0.05) is 6.92 Å². The molecule has 0 aromatic carbocycles. The quantitative estimate of drug-likeness (QED) is 0.720. The van der Waals surface area contributed by atoms with Gasteiger partial charge < -0.3 is 10.4 Å². The van der Waals surface area contributed by atoms with Gasteiger partial charge in [-0.3, -0.25) is 9.80 Å². The van der Waals surface area contributed by atoms with Gasteiger partial charge in [0, 0.05) is 37.8 Å². The van der Waals surface area contributed by atoms with E-state index in [-0.39, 0.29) is 12.6 Å². The van der Waals surface area contributed by atoms with Gasteiger partial charge in [0.1, 0.15) is 0 Å². The van der Waals surface area contributed by atoms with Crippen LogP contribution in [0.4, 0.5) is 0 Å². The van der Waals surface area contributed by atoms with Crippen molar-refractivity contribution in [1.29, 1.82) is 0 Å². The molecular weight excluding hydrogens is 238 g/mol. The number of fused-ring (bicyclic) bond motifs is 1. The lowest BCUT2D eigenvalue weighted by Crippen LogP contribution is -2.55. The van der Waals surface area contributed by atoms with Gasteiger partial charge in [0.05, 0.1) is 6.61 Å². The molecule has 2 aliphatic heterocycles. The van der Waals surface area contributed by atoms with E-state index in [1.165, 1.54) is 32.5 Å². The molecule has 19 heavy (non-hydrogen) atoms. The van der Waals surface area contributed by atoms with Gasteiger partial charge in [-0.2, -0.15) is 0 Å². The zero-order chi connectivity index (χ0) is 13.7. The van der Waals surface area contributed by atoms with Crippen molar-refractivity contribution in [2.45, 2.75) is 57.7 Å². The Morgan fingerprint density at radius 1 is 1.37 bits per heavy atom. The number of rotatable bonds is 7. The monoisotopic (exact) mass is 269 g/mol. The number of hydrogen-bond donors (Lipinski definition) is 2. The van der Waals surface area contributed by atoms with E-state index in [0.29, 0.717) is 6.04 Å². The maximum Gasteiger partial charge on any atom is 0.0585 e. The largest absolute Gasteiger partial charge is 0.395 e. The fraction of sp³-hybridized carbons (Fsp3) is 1.00. The fourth-order valence-electron chi connectivity index (χ4n) is 3.49. The van der Waals surface area contributed by atoms with Crippen LogP contribution in [0.1, 0.15) is 39.5 Å². The van der Waals surface area contributed by atoms with Crippen molar-refractivity contribution < 1.29 is 5.11 Å². The number of piperazine rings is 1. The molecule has 2 heterocycles. The average Bonchev–Trinajstić information content (AvgIpc) is 2.86. The Hall–Kier alpha value is -0.160. The third-order valence-electron chi connectivity index (χ3n) is 4.73. The Balaban J connectivity index is 1.74. The number of nitrogens with one attached hydrogen (secondary N) is 1. The second-order valence-electron chi connectivity index (χ2n) is 6.26. The van der Waals surface area contributed by atoms with Gasteiger partial charge >= 0.3 is 0 Å². The first-order valence-corrected chi connectivity index (χ1v) is 8.07. The topological polar surface area (TPSA) is 38.7 Å². The number of hydrogen-bond acceptors (Lipinski definition) is 4. The van der Waals surface area contributed by atoms with Gasteiger partial charge in [-0.25, -0.2) is 0 Å². The summed E-state index contributed by atoms with van der Waals surface area (Å²) in [4.78, 5) is 5.29. The third kappa shape index (κ3) is 4.15. The van der Waals surface area contributed by atoms with Crippen LogP contribution in [0.25, 0.3) is 0 Å². The lowest BCUT2D eigenvalue weighted by molar-refractivity contribution is 0.0548. The Bertz CT molecular complexity index is 262. The van der Waals surface area contributed by atoms with E-state index in [1.54, 1.807) is 0 Å². The standard InChI is InChI=1S/C15H31N3O/c1-3-7-16-14(12-19)6-9-17-11-15-5-4-8-18(15)10-13(17)2/h13-16,19H,3-12H2,1-2H3. The highest BCUT2D eigenvalue weighted by molar-refractivity contribution is 4.90. The van der Waals surface area contributed by atoms with E-state index in [9.17, 15) is 5.11 Å². The first-order valence-electron chi connectivity index (χ1n) is 8.07. The molecule has 0 aromatic heterocycles. The predicted molar refractivity (Wildman–Crippen MR) is 79.4 cm³/mol. The summed E-state index contributed by atoms with van der Waals surface area (Å²) < 4.78 is 0. The lowest BCUT2D eigenvalue weighted by atomic mass is 10.1. The van der Waals surface area contributed by atoms with Crippen molar-refractivity contribution in [2.75, 3.05) is 39.3 Å². The smallest absolute Gasteiger partial charge is 0.0585 e. The van der Waals surface area contributed by atoms with E-state index in [1.807, 2.05) is 0 Å². The maximum atomic E-state index is 9.41. The van der Waals surface area contributed by atoms with Crippen LogP contribution >= 0.6 is 0 Å². The number of nitrogens with zero attached hydrogens (tertiary/aromatic N) is 2. The third-order valence-corrected chi connectivity index (χ3v) is 4.73. The van der Waals surface area contributed by atoms with E-state index in [2.05, 4.69) is 29.0 Å². The van der Waals surface area contributed by atoms with Gasteiger partial charge in [0.15, 0.2) is 0 Å². The summed E-state index contributed by atoms with van der Waals surface area (Å²) in [6.45, 7) is 10.7. The summed E-state index contributed by atoms with van der Waals surface area (Å²) in [6, 6.07) is 1.74. The van der Waals surface area contributed by atoms with Crippen molar-refractivity contribution in [3.05, 3.63) is 0 Å².